The first-order valence-electron chi connectivity index (χ1n) is 7.08. The summed E-state index contributed by atoms with van der Waals surface area (Å²) in [5.74, 6) is 0. The minimum Gasteiger partial charge on any atom is -0.329 e. The Labute approximate surface area is 118 Å². The molecule has 0 aromatic heterocycles. The fourth-order valence-electron chi connectivity index (χ4n) is 2.47. The van der Waals surface area contributed by atoms with Gasteiger partial charge in [-0.3, -0.25) is 4.90 Å². The first-order chi connectivity index (χ1) is 8.97. The van der Waals surface area contributed by atoms with Gasteiger partial charge in [0, 0.05) is 12.6 Å². The third-order valence-corrected chi connectivity index (χ3v) is 3.88. The van der Waals surface area contributed by atoms with E-state index in [2.05, 4.69) is 63.0 Å². The van der Waals surface area contributed by atoms with E-state index in [9.17, 15) is 0 Å². The summed E-state index contributed by atoms with van der Waals surface area (Å²) in [5, 5.41) is 0. The van der Waals surface area contributed by atoms with Crippen molar-refractivity contribution in [1.82, 2.24) is 9.80 Å². The number of nitrogens with zero attached hydrogens (tertiary/aromatic N) is 2. The Bertz CT molecular complexity index is 388. The van der Waals surface area contributed by atoms with Crippen molar-refractivity contribution in [3.8, 4) is 0 Å². The Morgan fingerprint density at radius 2 is 1.79 bits per heavy atom. The number of aryl methyl sites for hydroxylation is 1. The maximum atomic E-state index is 6.00. The van der Waals surface area contributed by atoms with Gasteiger partial charge in [-0.15, -0.1) is 0 Å². The van der Waals surface area contributed by atoms with Crippen LogP contribution in [-0.4, -0.2) is 50.6 Å². The van der Waals surface area contributed by atoms with E-state index in [1.807, 2.05) is 0 Å². The zero-order valence-electron chi connectivity index (χ0n) is 13.1. The van der Waals surface area contributed by atoms with Crippen molar-refractivity contribution >= 4 is 0 Å². The normalized spacial score (nSPS) is 13.3. The third-order valence-electron chi connectivity index (χ3n) is 3.88. The predicted octanol–water partition coefficient (Wildman–Crippen LogP) is 2.19. The van der Waals surface area contributed by atoms with Crippen LogP contribution in [0.5, 0.6) is 0 Å². The lowest BCUT2D eigenvalue weighted by molar-refractivity contribution is 0.234. The third kappa shape index (κ3) is 4.60. The number of benzene rings is 1. The second kappa shape index (κ2) is 7.63. The lowest BCUT2D eigenvalue weighted by Gasteiger charge is -2.29. The summed E-state index contributed by atoms with van der Waals surface area (Å²) in [6.45, 7) is 7.23. The van der Waals surface area contributed by atoms with E-state index in [0.29, 0.717) is 12.6 Å². The predicted molar refractivity (Wildman–Crippen MR) is 83.5 cm³/mol. The van der Waals surface area contributed by atoms with Gasteiger partial charge in [0.2, 0.25) is 0 Å². The molecule has 0 amide bonds. The van der Waals surface area contributed by atoms with Crippen molar-refractivity contribution in [2.75, 3.05) is 40.8 Å². The smallest absolute Gasteiger partial charge is 0.0470 e. The maximum Gasteiger partial charge on any atom is 0.0470 e. The number of nitrogens with two attached hydrogens (primary N) is 1. The molecule has 3 nitrogen and oxygen atoms in total. The molecule has 2 N–H and O–H groups in total. The fraction of sp³-hybridized carbons (Fsp3) is 0.625. The van der Waals surface area contributed by atoms with Gasteiger partial charge in [0.1, 0.15) is 0 Å². The van der Waals surface area contributed by atoms with E-state index in [1.165, 1.54) is 23.1 Å². The molecule has 0 radical (unpaired) electrons. The zero-order valence-corrected chi connectivity index (χ0v) is 13.1. The first kappa shape index (κ1) is 16.2. The van der Waals surface area contributed by atoms with E-state index in [4.69, 9.17) is 5.73 Å². The van der Waals surface area contributed by atoms with Crippen LogP contribution in [0.3, 0.4) is 0 Å². The van der Waals surface area contributed by atoms with Crippen LogP contribution < -0.4 is 5.73 Å². The highest BCUT2D eigenvalue weighted by Gasteiger charge is 2.17. The topological polar surface area (TPSA) is 32.5 Å². The van der Waals surface area contributed by atoms with Crippen molar-refractivity contribution in [2.24, 2.45) is 5.73 Å². The van der Waals surface area contributed by atoms with Crippen LogP contribution in [0.4, 0.5) is 0 Å². The monoisotopic (exact) mass is 263 g/mol. The Morgan fingerprint density at radius 3 is 2.37 bits per heavy atom. The molecule has 1 atom stereocenters. The van der Waals surface area contributed by atoms with Gasteiger partial charge in [-0.2, -0.15) is 0 Å². The average Bonchev–Trinajstić information content (AvgIpc) is 2.35. The molecule has 1 rings (SSSR count). The molecule has 0 aliphatic carbocycles. The number of hydrogen-bond acceptors (Lipinski definition) is 3. The summed E-state index contributed by atoms with van der Waals surface area (Å²) in [6, 6.07) is 6.83. The number of likely N-dealkylation sites (N-methyl/N-ethyl adjacent to an activating group) is 1. The first-order valence-corrected chi connectivity index (χ1v) is 7.08. The van der Waals surface area contributed by atoms with E-state index in [0.717, 1.165) is 13.1 Å². The second-order valence-corrected chi connectivity index (χ2v) is 5.68. The molecule has 108 valence electrons. The van der Waals surface area contributed by atoms with Crippen LogP contribution in [0.2, 0.25) is 0 Å². The van der Waals surface area contributed by atoms with Crippen molar-refractivity contribution < 1.29 is 0 Å². The molecule has 0 saturated carbocycles. The standard InChI is InChI=1S/C16H29N3/c1-13-8-6-9-15(14(13)2)16(12-17)19(5)11-7-10-18(3)4/h6,8-9,16H,7,10-12,17H2,1-5H3. The molecule has 19 heavy (non-hydrogen) atoms. The summed E-state index contributed by atoms with van der Waals surface area (Å²) in [5.41, 5.74) is 10.1. The van der Waals surface area contributed by atoms with Crippen molar-refractivity contribution in [1.29, 1.82) is 0 Å². The molecule has 0 aliphatic rings. The number of rotatable bonds is 7. The largest absolute Gasteiger partial charge is 0.329 e. The lowest BCUT2D eigenvalue weighted by atomic mass is 9.96. The molecule has 1 aromatic rings. The van der Waals surface area contributed by atoms with Crippen molar-refractivity contribution in [3.63, 3.8) is 0 Å². The second-order valence-electron chi connectivity index (χ2n) is 5.68. The highest BCUT2D eigenvalue weighted by Crippen LogP contribution is 2.24. The SMILES string of the molecule is Cc1cccc(C(CN)N(C)CCCN(C)C)c1C. The molecule has 0 aliphatic heterocycles. The summed E-state index contributed by atoms with van der Waals surface area (Å²) in [6.07, 6.45) is 1.17. The molecule has 0 fully saturated rings. The van der Waals surface area contributed by atoms with Crippen LogP contribution >= 0.6 is 0 Å². The fourth-order valence-corrected chi connectivity index (χ4v) is 2.47. The van der Waals surface area contributed by atoms with Crippen LogP contribution in [0.1, 0.15) is 29.2 Å². The molecule has 0 spiro atoms. The molecule has 1 aromatic carbocycles. The van der Waals surface area contributed by atoms with E-state index in [1.54, 1.807) is 0 Å². The highest BCUT2D eigenvalue weighted by molar-refractivity contribution is 5.35. The zero-order chi connectivity index (χ0) is 14.4. The molecule has 0 saturated heterocycles. The Hall–Kier alpha value is -0.900. The lowest BCUT2D eigenvalue weighted by Crippen LogP contribution is -2.33. The van der Waals surface area contributed by atoms with Gasteiger partial charge in [0.15, 0.2) is 0 Å². The summed E-state index contributed by atoms with van der Waals surface area (Å²) < 4.78 is 0. The average molecular weight is 263 g/mol. The van der Waals surface area contributed by atoms with E-state index >= 15 is 0 Å². The van der Waals surface area contributed by atoms with Crippen LogP contribution in [0.25, 0.3) is 0 Å². The summed E-state index contributed by atoms with van der Waals surface area (Å²) in [7, 11) is 6.41. The van der Waals surface area contributed by atoms with Gasteiger partial charge >= 0.3 is 0 Å². The van der Waals surface area contributed by atoms with Gasteiger partial charge in [-0.05, 0) is 71.2 Å². The Morgan fingerprint density at radius 1 is 1.11 bits per heavy atom. The minimum atomic E-state index is 0.321. The van der Waals surface area contributed by atoms with Gasteiger partial charge in [-0.1, -0.05) is 18.2 Å². The van der Waals surface area contributed by atoms with Gasteiger partial charge in [0.05, 0.1) is 0 Å². The van der Waals surface area contributed by atoms with Gasteiger partial charge < -0.3 is 10.6 Å². The summed E-state index contributed by atoms with van der Waals surface area (Å²) >= 11 is 0. The maximum absolute atomic E-state index is 6.00. The van der Waals surface area contributed by atoms with Gasteiger partial charge in [-0.25, -0.2) is 0 Å². The van der Waals surface area contributed by atoms with Crippen LogP contribution in [0.15, 0.2) is 18.2 Å². The van der Waals surface area contributed by atoms with Gasteiger partial charge in [0.25, 0.3) is 0 Å². The minimum absolute atomic E-state index is 0.321. The molecule has 1 unspecified atom stereocenters. The quantitative estimate of drug-likeness (QED) is 0.818. The molecule has 3 heteroatoms. The Kier molecular flexibility index (Phi) is 6.49. The van der Waals surface area contributed by atoms with Crippen LogP contribution in [-0.2, 0) is 0 Å². The highest BCUT2D eigenvalue weighted by atomic mass is 15.1. The number of hydrogen-bond donors (Lipinski definition) is 1. The molecule has 0 heterocycles. The molecular formula is C16H29N3. The molecular weight excluding hydrogens is 234 g/mol. The molecule has 0 bridgehead atoms. The van der Waals surface area contributed by atoms with Crippen molar-refractivity contribution in [3.05, 3.63) is 34.9 Å². The Balaban J connectivity index is 2.73. The van der Waals surface area contributed by atoms with Crippen molar-refractivity contribution in [2.45, 2.75) is 26.3 Å². The summed E-state index contributed by atoms with van der Waals surface area (Å²) in [4.78, 5) is 4.61. The van der Waals surface area contributed by atoms with Crippen LogP contribution in [0, 0.1) is 13.8 Å². The van der Waals surface area contributed by atoms with E-state index in [-0.39, 0.29) is 0 Å². The van der Waals surface area contributed by atoms with E-state index < -0.39 is 0 Å².